The molecule has 0 rings (SSSR count). The van der Waals surface area contributed by atoms with E-state index in [1.54, 1.807) is 0 Å². The van der Waals surface area contributed by atoms with Crippen molar-refractivity contribution < 1.29 is 9.90 Å². The minimum absolute atomic E-state index is 0.821. The molecule has 0 fully saturated rings. The van der Waals surface area contributed by atoms with Crippen molar-refractivity contribution in [2.75, 3.05) is 0 Å². The average Bonchev–Trinajstić information content (AvgIpc) is 2.37. The average molecular weight is 304 g/mol. The molecule has 1 N–H and O–H groups in total. The quantitative estimate of drug-likeness (QED) is 0.384. The first kappa shape index (κ1) is 20.4. The van der Waals surface area contributed by atoms with E-state index in [-0.39, 0.29) is 0 Å². The van der Waals surface area contributed by atoms with Crippen LogP contribution in [0.25, 0.3) is 0 Å². The summed E-state index contributed by atoms with van der Waals surface area (Å²) in [6.07, 6.45) is 14.3. The lowest BCUT2D eigenvalue weighted by Crippen LogP contribution is -1.89. The molecule has 0 atom stereocenters. The third-order valence-electron chi connectivity index (χ3n) is 3.52. The molecule has 124 valence electrons. The van der Waals surface area contributed by atoms with Crippen LogP contribution in [0, 0.1) is 0 Å². The standard InChI is InChI=1S/C20H32O2/c1-16(2)9-6-10-17(3)11-7-12-18(4)13-8-14-19(5)15-20(21)22/h9,11,13,15H,6-8,10,12,14H2,1-5H3,(H,21,22)/b17-11+,18-13?,19-15?. The van der Waals surface area contributed by atoms with E-state index in [0.717, 1.165) is 44.1 Å². The first-order valence-corrected chi connectivity index (χ1v) is 8.16. The molecule has 0 spiro atoms. The molecule has 0 aliphatic carbocycles. The molecule has 0 radical (unpaired) electrons. The van der Waals surface area contributed by atoms with Gasteiger partial charge in [-0.3, -0.25) is 0 Å². The van der Waals surface area contributed by atoms with Gasteiger partial charge >= 0.3 is 5.97 Å². The van der Waals surface area contributed by atoms with Gasteiger partial charge in [-0.15, -0.1) is 0 Å². The van der Waals surface area contributed by atoms with Gasteiger partial charge < -0.3 is 5.11 Å². The zero-order valence-electron chi connectivity index (χ0n) is 14.9. The van der Waals surface area contributed by atoms with Crippen LogP contribution in [0.2, 0.25) is 0 Å². The van der Waals surface area contributed by atoms with Crippen LogP contribution in [-0.2, 0) is 4.79 Å². The fourth-order valence-electron chi connectivity index (χ4n) is 2.17. The molecule has 0 heterocycles. The van der Waals surface area contributed by atoms with E-state index < -0.39 is 5.97 Å². The first-order valence-electron chi connectivity index (χ1n) is 8.16. The Labute approximate surface area is 136 Å². The van der Waals surface area contributed by atoms with Crippen LogP contribution >= 0.6 is 0 Å². The van der Waals surface area contributed by atoms with Gasteiger partial charge in [0, 0.05) is 6.08 Å². The summed E-state index contributed by atoms with van der Waals surface area (Å²) in [6, 6.07) is 0. The molecule has 0 aromatic rings. The van der Waals surface area contributed by atoms with E-state index in [4.69, 9.17) is 5.11 Å². The molecule has 2 heteroatoms. The summed E-state index contributed by atoms with van der Waals surface area (Å²) in [4.78, 5) is 10.5. The molecule has 22 heavy (non-hydrogen) atoms. The molecule has 2 nitrogen and oxygen atoms in total. The highest BCUT2D eigenvalue weighted by molar-refractivity contribution is 5.80. The number of carboxylic acid groups (broad SMARTS) is 1. The van der Waals surface area contributed by atoms with Crippen molar-refractivity contribution in [1.82, 2.24) is 0 Å². The SMILES string of the molecule is CC(C)=CCC/C(C)=C/CCC(C)=CCCC(C)=CC(=O)O. The Kier molecular flexibility index (Phi) is 11.2. The Morgan fingerprint density at radius 3 is 1.55 bits per heavy atom. The molecular weight excluding hydrogens is 272 g/mol. The van der Waals surface area contributed by atoms with Crippen molar-refractivity contribution in [3.8, 4) is 0 Å². The van der Waals surface area contributed by atoms with Gasteiger partial charge in [0.1, 0.15) is 0 Å². The van der Waals surface area contributed by atoms with E-state index in [9.17, 15) is 4.79 Å². The first-order chi connectivity index (χ1) is 10.3. The molecule has 0 saturated heterocycles. The van der Waals surface area contributed by atoms with Gasteiger partial charge in [0.25, 0.3) is 0 Å². The van der Waals surface area contributed by atoms with Gasteiger partial charge in [-0.25, -0.2) is 4.79 Å². The van der Waals surface area contributed by atoms with Gasteiger partial charge in [-0.2, -0.15) is 0 Å². The van der Waals surface area contributed by atoms with E-state index in [1.807, 2.05) is 6.92 Å². The molecule has 0 aliphatic heterocycles. The fraction of sp³-hybridized carbons (Fsp3) is 0.550. The van der Waals surface area contributed by atoms with Crippen LogP contribution in [0.1, 0.15) is 73.1 Å². The smallest absolute Gasteiger partial charge is 0.328 e. The van der Waals surface area contributed by atoms with Crippen molar-refractivity contribution in [3.05, 3.63) is 46.6 Å². The summed E-state index contributed by atoms with van der Waals surface area (Å²) in [6.45, 7) is 10.5. The topological polar surface area (TPSA) is 37.3 Å². The Hall–Kier alpha value is -1.57. The summed E-state index contributed by atoms with van der Waals surface area (Å²) in [5.41, 5.74) is 5.16. The van der Waals surface area contributed by atoms with Crippen LogP contribution in [0.3, 0.4) is 0 Å². The molecule has 0 amide bonds. The zero-order chi connectivity index (χ0) is 17.0. The van der Waals surface area contributed by atoms with Gasteiger partial charge in [0.15, 0.2) is 0 Å². The van der Waals surface area contributed by atoms with Crippen LogP contribution in [0.4, 0.5) is 0 Å². The van der Waals surface area contributed by atoms with Crippen LogP contribution < -0.4 is 0 Å². The summed E-state index contributed by atoms with van der Waals surface area (Å²) in [5, 5.41) is 8.65. The second-order valence-electron chi connectivity index (χ2n) is 6.33. The van der Waals surface area contributed by atoms with E-state index in [2.05, 4.69) is 45.9 Å². The minimum Gasteiger partial charge on any atom is -0.478 e. The van der Waals surface area contributed by atoms with Gasteiger partial charge in [-0.1, -0.05) is 40.5 Å². The normalized spacial score (nSPS) is 13.2. The van der Waals surface area contributed by atoms with E-state index in [1.165, 1.54) is 22.8 Å². The Morgan fingerprint density at radius 2 is 1.14 bits per heavy atom. The predicted molar refractivity (Wildman–Crippen MR) is 96.0 cm³/mol. The molecule has 0 unspecified atom stereocenters. The van der Waals surface area contributed by atoms with Gasteiger partial charge in [0.05, 0.1) is 0 Å². The molecule has 0 aromatic heterocycles. The predicted octanol–water partition coefficient (Wildman–Crippen LogP) is 6.22. The highest BCUT2D eigenvalue weighted by atomic mass is 16.4. The molecule has 0 aliphatic rings. The molecular formula is C20H32O2. The van der Waals surface area contributed by atoms with Crippen LogP contribution in [0.15, 0.2) is 46.6 Å². The van der Waals surface area contributed by atoms with E-state index in [0.29, 0.717) is 0 Å². The zero-order valence-corrected chi connectivity index (χ0v) is 14.9. The van der Waals surface area contributed by atoms with Crippen molar-refractivity contribution in [2.24, 2.45) is 0 Å². The third kappa shape index (κ3) is 13.4. The maximum Gasteiger partial charge on any atom is 0.328 e. The lowest BCUT2D eigenvalue weighted by atomic mass is 10.0. The van der Waals surface area contributed by atoms with Crippen molar-refractivity contribution in [3.63, 3.8) is 0 Å². The maximum atomic E-state index is 10.5. The molecule has 0 bridgehead atoms. The number of rotatable bonds is 10. The third-order valence-corrected chi connectivity index (χ3v) is 3.52. The lowest BCUT2D eigenvalue weighted by molar-refractivity contribution is -0.131. The maximum absolute atomic E-state index is 10.5. The number of carbonyl (C=O) groups is 1. The Bertz CT molecular complexity index is 458. The fourth-order valence-corrected chi connectivity index (χ4v) is 2.17. The van der Waals surface area contributed by atoms with Gasteiger partial charge in [0.2, 0.25) is 0 Å². The number of allylic oxidation sites excluding steroid dienone is 7. The number of hydrogen-bond donors (Lipinski definition) is 1. The summed E-state index contributed by atoms with van der Waals surface area (Å²) in [5.74, 6) is -0.855. The van der Waals surface area contributed by atoms with Crippen LogP contribution in [0.5, 0.6) is 0 Å². The Morgan fingerprint density at radius 1 is 0.727 bits per heavy atom. The van der Waals surface area contributed by atoms with Crippen molar-refractivity contribution in [2.45, 2.75) is 73.1 Å². The number of hydrogen-bond acceptors (Lipinski definition) is 1. The van der Waals surface area contributed by atoms with Crippen molar-refractivity contribution in [1.29, 1.82) is 0 Å². The monoisotopic (exact) mass is 304 g/mol. The minimum atomic E-state index is -0.855. The largest absolute Gasteiger partial charge is 0.478 e. The highest BCUT2D eigenvalue weighted by Gasteiger charge is 1.95. The second kappa shape index (κ2) is 12.0. The summed E-state index contributed by atoms with van der Waals surface area (Å²) in [7, 11) is 0. The van der Waals surface area contributed by atoms with E-state index >= 15 is 0 Å². The highest BCUT2D eigenvalue weighted by Crippen LogP contribution is 2.13. The van der Waals surface area contributed by atoms with Crippen molar-refractivity contribution >= 4 is 5.97 Å². The molecule has 0 aromatic carbocycles. The Balaban J connectivity index is 4.01. The summed E-state index contributed by atoms with van der Waals surface area (Å²) < 4.78 is 0. The molecule has 0 saturated carbocycles. The van der Waals surface area contributed by atoms with Gasteiger partial charge in [-0.05, 0) is 73.1 Å². The van der Waals surface area contributed by atoms with Crippen LogP contribution in [-0.4, -0.2) is 11.1 Å². The second-order valence-corrected chi connectivity index (χ2v) is 6.33. The summed E-state index contributed by atoms with van der Waals surface area (Å²) >= 11 is 0. The lowest BCUT2D eigenvalue weighted by Gasteiger charge is -2.02. The number of aliphatic carboxylic acids is 1. The number of carboxylic acids is 1.